The monoisotopic (exact) mass is 290 g/mol. The maximum absolute atomic E-state index is 12.0. The van der Waals surface area contributed by atoms with Gasteiger partial charge >= 0.3 is 5.63 Å². The van der Waals surface area contributed by atoms with Gasteiger partial charge in [-0.3, -0.25) is 0 Å². The van der Waals surface area contributed by atoms with E-state index in [1.54, 1.807) is 6.07 Å². The molecule has 0 amide bonds. The minimum absolute atomic E-state index is 0.358. The minimum atomic E-state index is -0.436. The fourth-order valence-electron chi connectivity index (χ4n) is 2.42. The number of benzene rings is 1. The van der Waals surface area contributed by atoms with E-state index in [-0.39, 0.29) is 0 Å². The third-order valence-corrected chi connectivity index (χ3v) is 3.86. The van der Waals surface area contributed by atoms with E-state index in [1.807, 2.05) is 18.2 Å². The Bertz CT molecular complexity index is 814. The molecule has 0 N–H and O–H groups in total. The third-order valence-electron chi connectivity index (χ3n) is 3.46. The Labute approximate surface area is 121 Å². The van der Waals surface area contributed by atoms with Crippen LogP contribution in [0.15, 0.2) is 37.9 Å². The Morgan fingerprint density at radius 3 is 2.75 bits per heavy atom. The van der Waals surface area contributed by atoms with Crippen LogP contribution in [0.3, 0.4) is 0 Å². The molecule has 0 atom stereocenters. The summed E-state index contributed by atoms with van der Waals surface area (Å²) in [5.74, 6) is 0.679. The second kappa shape index (κ2) is 5.33. The number of rotatable bonds is 4. The Morgan fingerprint density at radius 2 is 1.95 bits per heavy atom. The van der Waals surface area contributed by atoms with Crippen molar-refractivity contribution < 1.29 is 8.83 Å². The van der Waals surface area contributed by atoms with Crippen LogP contribution in [0.5, 0.6) is 0 Å². The van der Waals surface area contributed by atoms with E-state index in [0.717, 1.165) is 31.1 Å². The van der Waals surface area contributed by atoms with E-state index in [2.05, 4.69) is 6.92 Å². The largest absolute Gasteiger partial charge is 0.458 e. The lowest BCUT2D eigenvalue weighted by Crippen LogP contribution is -1.98. The molecule has 0 saturated heterocycles. The molecule has 4 heteroatoms. The van der Waals surface area contributed by atoms with Crippen molar-refractivity contribution >= 4 is 33.5 Å². The molecule has 0 fully saturated rings. The average molecular weight is 291 g/mol. The summed E-state index contributed by atoms with van der Waals surface area (Å²) < 4.78 is 11.1. The molecule has 0 aliphatic heterocycles. The van der Waals surface area contributed by atoms with Crippen molar-refractivity contribution in [1.29, 1.82) is 0 Å². The highest BCUT2D eigenvalue weighted by Crippen LogP contribution is 2.33. The first-order valence-electron chi connectivity index (χ1n) is 6.85. The maximum Gasteiger partial charge on any atom is 0.349 e. The summed E-state index contributed by atoms with van der Waals surface area (Å²) in [5, 5.41) is 1.54. The lowest BCUT2D eigenvalue weighted by molar-refractivity contribution is 0.530. The maximum atomic E-state index is 12.0. The molecular formula is C16H15ClO3. The van der Waals surface area contributed by atoms with Gasteiger partial charge in [-0.2, -0.15) is 0 Å². The van der Waals surface area contributed by atoms with Gasteiger partial charge in [-0.1, -0.05) is 43.5 Å². The van der Waals surface area contributed by atoms with Gasteiger partial charge in [0.2, 0.25) is 0 Å². The number of hydrogen-bond donors (Lipinski definition) is 0. The molecule has 0 saturated carbocycles. The summed E-state index contributed by atoms with van der Waals surface area (Å²) in [6, 6.07) is 7.33. The lowest BCUT2D eigenvalue weighted by atomic mass is 10.1. The molecule has 3 aromatic rings. The van der Waals surface area contributed by atoms with Gasteiger partial charge in [0.1, 0.15) is 16.7 Å². The third kappa shape index (κ3) is 2.12. The molecule has 0 aliphatic carbocycles. The van der Waals surface area contributed by atoms with E-state index >= 15 is 0 Å². The van der Waals surface area contributed by atoms with Crippen LogP contribution in [-0.2, 0) is 6.42 Å². The second-order valence-electron chi connectivity index (χ2n) is 4.89. The van der Waals surface area contributed by atoms with Crippen molar-refractivity contribution in [2.45, 2.75) is 32.6 Å². The number of hydrogen-bond acceptors (Lipinski definition) is 3. The molecule has 3 rings (SSSR count). The van der Waals surface area contributed by atoms with Crippen molar-refractivity contribution in [3.05, 3.63) is 45.5 Å². The first-order valence-corrected chi connectivity index (χ1v) is 7.23. The molecule has 0 spiro atoms. The highest BCUT2D eigenvalue weighted by atomic mass is 35.5. The van der Waals surface area contributed by atoms with Gasteiger partial charge in [0.05, 0.1) is 10.4 Å². The lowest BCUT2D eigenvalue weighted by Gasteiger charge is -1.96. The summed E-state index contributed by atoms with van der Waals surface area (Å²) in [6.45, 7) is 2.14. The summed E-state index contributed by atoms with van der Waals surface area (Å²) in [5.41, 5.74) is 0.623. The van der Waals surface area contributed by atoms with Gasteiger partial charge in [0, 0.05) is 6.42 Å². The van der Waals surface area contributed by atoms with E-state index < -0.39 is 5.63 Å². The molecule has 104 valence electrons. The van der Waals surface area contributed by atoms with Crippen molar-refractivity contribution in [3.63, 3.8) is 0 Å². The van der Waals surface area contributed by atoms with Crippen LogP contribution < -0.4 is 5.63 Å². The van der Waals surface area contributed by atoms with E-state index in [1.165, 1.54) is 0 Å². The van der Waals surface area contributed by atoms with Gasteiger partial charge in [0.15, 0.2) is 5.58 Å². The van der Waals surface area contributed by atoms with Crippen LogP contribution in [0.25, 0.3) is 21.9 Å². The summed E-state index contributed by atoms with van der Waals surface area (Å²) in [4.78, 5) is 12.0. The fraction of sp³-hybridized carbons (Fsp3) is 0.312. The Hall–Kier alpha value is -1.74. The minimum Gasteiger partial charge on any atom is -0.458 e. The van der Waals surface area contributed by atoms with Crippen LogP contribution >= 0.6 is 11.6 Å². The molecule has 2 aromatic heterocycles. The zero-order valence-electron chi connectivity index (χ0n) is 11.2. The van der Waals surface area contributed by atoms with Gasteiger partial charge in [0.25, 0.3) is 0 Å². The van der Waals surface area contributed by atoms with Crippen molar-refractivity contribution in [2.75, 3.05) is 0 Å². The Balaban J connectivity index is 2.21. The normalized spacial score (nSPS) is 11.5. The molecule has 3 nitrogen and oxygen atoms in total. The number of para-hydroxylation sites is 1. The molecule has 0 unspecified atom stereocenters. The van der Waals surface area contributed by atoms with Crippen molar-refractivity contribution in [3.8, 4) is 0 Å². The second-order valence-corrected chi connectivity index (χ2v) is 5.26. The number of unbranched alkanes of at least 4 members (excludes halogenated alkanes) is 2. The van der Waals surface area contributed by atoms with Gasteiger partial charge in [-0.25, -0.2) is 4.79 Å². The molecule has 0 aliphatic rings. The van der Waals surface area contributed by atoms with Gasteiger partial charge < -0.3 is 8.83 Å². The topological polar surface area (TPSA) is 43.4 Å². The molecule has 2 heterocycles. The average Bonchev–Trinajstić information content (AvgIpc) is 2.78. The van der Waals surface area contributed by atoms with Crippen molar-refractivity contribution in [2.24, 2.45) is 0 Å². The van der Waals surface area contributed by atoms with Crippen LogP contribution in [-0.4, -0.2) is 0 Å². The summed E-state index contributed by atoms with van der Waals surface area (Å²) >= 11 is 6.29. The Kier molecular flexibility index (Phi) is 3.53. The van der Waals surface area contributed by atoms with Crippen LogP contribution in [0.1, 0.15) is 31.9 Å². The zero-order chi connectivity index (χ0) is 14.1. The highest BCUT2D eigenvalue weighted by Gasteiger charge is 2.19. The number of furan rings is 1. The predicted molar refractivity (Wildman–Crippen MR) is 80.5 cm³/mol. The van der Waals surface area contributed by atoms with Gasteiger partial charge in [-0.15, -0.1) is 0 Å². The first kappa shape index (κ1) is 13.3. The summed E-state index contributed by atoms with van der Waals surface area (Å²) in [7, 11) is 0. The van der Waals surface area contributed by atoms with E-state index in [9.17, 15) is 4.79 Å². The SMILES string of the molecule is CCCCCc1oc2c(c1Cl)c(=O)oc1ccccc12. The molecule has 1 aromatic carbocycles. The quantitative estimate of drug-likeness (QED) is 0.506. The fourth-order valence-corrected chi connectivity index (χ4v) is 2.72. The molecule has 0 radical (unpaired) electrons. The number of fused-ring (bicyclic) bond motifs is 3. The zero-order valence-corrected chi connectivity index (χ0v) is 12.0. The summed E-state index contributed by atoms with van der Waals surface area (Å²) in [6.07, 6.45) is 3.99. The number of halogens is 1. The van der Waals surface area contributed by atoms with E-state index in [4.69, 9.17) is 20.4 Å². The predicted octanol–water partition coefficient (Wildman–Crippen LogP) is 4.93. The Morgan fingerprint density at radius 1 is 1.15 bits per heavy atom. The molecule has 0 bridgehead atoms. The highest BCUT2D eigenvalue weighted by molar-refractivity contribution is 6.36. The first-order chi connectivity index (χ1) is 9.72. The van der Waals surface area contributed by atoms with Gasteiger partial charge in [-0.05, 0) is 18.6 Å². The smallest absolute Gasteiger partial charge is 0.349 e. The van der Waals surface area contributed by atoms with Crippen LogP contribution in [0, 0.1) is 0 Å². The van der Waals surface area contributed by atoms with E-state index in [0.29, 0.717) is 27.3 Å². The number of aryl methyl sites for hydroxylation is 1. The molecular weight excluding hydrogens is 276 g/mol. The van der Waals surface area contributed by atoms with Crippen LogP contribution in [0.4, 0.5) is 0 Å². The molecule has 20 heavy (non-hydrogen) atoms. The van der Waals surface area contributed by atoms with Crippen LogP contribution in [0.2, 0.25) is 5.02 Å². The standard InChI is InChI=1S/C16H15ClO3/c1-2-3-4-9-12-14(17)13-15(19-12)10-7-5-6-8-11(10)20-16(13)18/h5-8H,2-4,9H2,1H3. The van der Waals surface area contributed by atoms with Crippen molar-refractivity contribution in [1.82, 2.24) is 0 Å².